The molecule has 0 saturated heterocycles. The van der Waals surface area contributed by atoms with Crippen molar-refractivity contribution in [3.05, 3.63) is 53.7 Å². The number of para-hydroxylation sites is 1. The van der Waals surface area contributed by atoms with Gasteiger partial charge in [-0.1, -0.05) is 25.1 Å². The second-order valence-electron chi connectivity index (χ2n) is 6.66. The van der Waals surface area contributed by atoms with Crippen LogP contribution in [-0.4, -0.2) is 20.4 Å². The number of nitrogens with zero attached hydrogens (tertiary/aromatic N) is 3. The number of amides is 1. The molecule has 5 nitrogen and oxygen atoms in total. The van der Waals surface area contributed by atoms with Gasteiger partial charge in [-0.2, -0.15) is 0 Å². The summed E-state index contributed by atoms with van der Waals surface area (Å²) in [6.07, 6.45) is 4.33. The van der Waals surface area contributed by atoms with Gasteiger partial charge in [0.2, 0.25) is 5.91 Å². The summed E-state index contributed by atoms with van der Waals surface area (Å²) < 4.78 is 2.21. The number of aryl methyl sites for hydroxylation is 2. The smallest absolute Gasteiger partial charge is 0.227 e. The number of nitrogens with one attached hydrogen (secondary N) is 1. The van der Waals surface area contributed by atoms with Crippen LogP contribution in [0, 0.1) is 12.8 Å². The highest BCUT2D eigenvalue weighted by Gasteiger charge is 2.26. The Balaban J connectivity index is 1.60. The van der Waals surface area contributed by atoms with E-state index in [1.165, 1.54) is 0 Å². The minimum absolute atomic E-state index is 0.0133. The van der Waals surface area contributed by atoms with Crippen LogP contribution in [0.2, 0.25) is 0 Å². The van der Waals surface area contributed by atoms with E-state index >= 15 is 0 Å². The number of carbonyl (C=O) groups excluding carboxylic acids is 1. The van der Waals surface area contributed by atoms with E-state index in [0.717, 1.165) is 59.6 Å². The summed E-state index contributed by atoms with van der Waals surface area (Å²) in [5.41, 5.74) is 3.93. The first kappa shape index (κ1) is 15.8. The Morgan fingerprint density at radius 2 is 2.20 bits per heavy atom. The highest BCUT2D eigenvalue weighted by molar-refractivity contribution is 6.01. The molecule has 1 N–H and O–H groups in total. The molecule has 0 saturated carbocycles. The average Bonchev–Trinajstić information content (AvgIpc) is 3.02. The molecule has 25 heavy (non-hydrogen) atoms. The lowest BCUT2D eigenvalue weighted by molar-refractivity contribution is -0.120. The van der Waals surface area contributed by atoms with Crippen LogP contribution < -0.4 is 5.32 Å². The number of fused-ring (bicyclic) bond motifs is 2. The van der Waals surface area contributed by atoms with E-state index in [1.54, 1.807) is 0 Å². The van der Waals surface area contributed by atoms with Gasteiger partial charge in [0.1, 0.15) is 5.82 Å². The zero-order valence-electron chi connectivity index (χ0n) is 14.6. The molecule has 4 rings (SSSR count). The molecular formula is C20H22N4O. The fourth-order valence-corrected chi connectivity index (χ4v) is 3.60. The van der Waals surface area contributed by atoms with E-state index in [-0.39, 0.29) is 11.8 Å². The van der Waals surface area contributed by atoms with Crippen molar-refractivity contribution in [1.82, 2.24) is 14.5 Å². The molecule has 0 spiro atoms. The molecule has 0 radical (unpaired) electrons. The third-order valence-corrected chi connectivity index (χ3v) is 5.05. The lowest BCUT2D eigenvalue weighted by Gasteiger charge is -2.24. The molecule has 1 aliphatic rings. The van der Waals surface area contributed by atoms with Gasteiger partial charge < -0.3 is 9.88 Å². The molecule has 0 aliphatic carbocycles. The van der Waals surface area contributed by atoms with Crippen molar-refractivity contribution in [2.24, 2.45) is 5.92 Å². The summed E-state index contributed by atoms with van der Waals surface area (Å²) in [6, 6.07) is 9.96. The number of imidazole rings is 1. The highest BCUT2D eigenvalue weighted by Crippen LogP contribution is 2.27. The van der Waals surface area contributed by atoms with Crippen molar-refractivity contribution in [3.8, 4) is 0 Å². The van der Waals surface area contributed by atoms with E-state index in [1.807, 2.05) is 43.5 Å². The first-order valence-corrected chi connectivity index (χ1v) is 8.86. The maximum absolute atomic E-state index is 12.9. The molecule has 1 amide bonds. The highest BCUT2D eigenvalue weighted by atomic mass is 16.1. The van der Waals surface area contributed by atoms with Crippen LogP contribution in [0.15, 0.2) is 36.5 Å². The molecule has 128 valence electrons. The standard InChI is InChI=1S/C20H22N4O/c1-3-15-11-19(17-6-4-5-7-18(17)22-15)23-20(25)14-8-9-24-13(2)21-12-16(24)10-14/h4-7,11-12,14H,3,8-10H2,1-2H3,(H,22,23,25). The third-order valence-electron chi connectivity index (χ3n) is 5.05. The Morgan fingerprint density at radius 1 is 1.36 bits per heavy atom. The number of hydrogen-bond donors (Lipinski definition) is 1. The number of benzene rings is 1. The summed E-state index contributed by atoms with van der Waals surface area (Å²) >= 11 is 0. The number of pyridine rings is 1. The lowest BCUT2D eigenvalue weighted by Crippen LogP contribution is -2.30. The van der Waals surface area contributed by atoms with Crippen molar-refractivity contribution < 1.29 is 4.79 Å². The Labute approximate surface area is 147 Å². The second kappa shape index (κ2) is 6.31. The maximum Gasteiger partial charge on any atom is 0.227 e. The Morgan fingerprint density at radius 3 is 3.04 bits per heavy atom. The Kier molecular flexibility index (Phi) is 3.99. The van der Waals surface area contributed by atoms with E-state index in [4.69, 9.17) is 0 Å². The third kappa shape index (κ3) is 2.90. The van der Waals surface area contributed by atoms with E-state index in [2.05, 4.69) is 26.8 Å². The summed E-state index contributed by atoms with van der Waals surface area (Å²) in [5, 5.41) is 4.15. The quantitative estimate of drug-likeness (QED) is 0.797. The van der Waals surface area contributed by atoms with Crippen molar-refractivity contribution in [2.75, 3.05) is 5.32 Å². The number of aromatic nitrogens is 3. The first-order chi connectivity index (χ1) is 12.2. The maximum atomic E-state index is 12.9. The fourth-order valence-electron chi connectivity index (χ4n) is 3.60. The topological polar surface area (TPSA) is 59.8 Å². The first-order valence-electron chi connectivity index (χ1n) is 8.86. The summed E-state index contributed by atoms with van der Waals surface area (Å²) in [5.74, 6) is 1.10. The van der Waals surface area contributed by atoms with E-state index in [9.17, 15) is 4.79 Å². The zero-order chi connectivity index (χ0) is 17.4. The van der Waals surface area contributed by atoms with Crippen molar-refractivity contribution in [2.45, 2.75) is 39.7 Å². The number of rotatable bonds is 3. The molecule has 1 aliphatic heterocycles. The molecule has 5 heteroatoms. The summed E-state index contributed by atoms with van der Waals surface area (Å²) in [4.78, 5) is 21.9. The molecule has 1 atom stereocenters. The van der Waals surface area contributed by atoms with Gasteiger partial charge in [0.05, 0.1) is 11.2 Å². The van der Waals surface area contributed by atoms with Crippen LogP contribution in [0.4, 0.5) is 5.69 Å². The van der Waals surface area contributed by atoms with Gasteiger partial charge in [0.25, 0.3) is 0 Å². The molecule has 3 aromatic rings. The van der Waals surface area contributed by atoms with Gasteiger partial charge in [-0.15, -0.1) is 0 Å². The monoisotopic (exact) mass is 334 g/mol. The van der Waals surface area contributed by atoms with Crippen LogP contribution in [0.1, 0.15) is 30.6 Å². The molecule has 1 unspecified atom stereocenters. The predicted octanol–water partition coefficient (Wildman–Crippen LogP) is 3.50. The molecule has 0 fully saturated rings. The average molecular weight is 334 g/mol. The van der Waals surface area contributed by atoms with Crippen LogP contribution in [0.3, 0.4) is 0 Å². The van der Waals surface area contributed by atoms with Crippen molar-refractivity contribution in [3.63, 3.8) is 0 Å². The normalized spacial score (nSPS) is 16.6. The van der Waals surface area contributed by atoms with Gasteiger partial charge >= 0.3 is 0 Å². The predicted molar refractivity (Wildman–Crippen MR) is 98.5 cm³/mol. The van der Waals surface area contributed by atoms with Gasteiger partial charge in [0, 0.05) is 41.9 Å². The largest absolute Gasteiger partial charge is 0.332 e. The number of carbonyl (C=O) groups is 1. The van der Waals surface area contributed by atoms with E-state index in [0.29, 0.717) is 0 Å². The molecule has 1 aromatic carbocycles. The van der Waals surface area contributed by atoms with Crippen LogP contribution in [0.25, 0.3) is 10.9 Å². The Hall–Kier alpha value is -2.69. The van der Waals surface area contributed by atoms with Crippen molar-refractivity contribution in [1.29, 1.82) is 0 Å². The van der Waals surface area contributed by atoms with Gasteiger partial charge in [0.15, 0.2) is 0 Å². The van der Waals surface area contributed by atoms with Crippen LogP contribution >= 0.6 is 0 Å². The Bertz CT molecular complexity index is 944. The molecule has 2 aromatic heterocycles. The fraction of sp³-hybridized carbons (Fsp3) is 0.350. The van der Waals surface area contributed by atoms with Crippen molar-refractivity contribution >= 4 is 22.5 Å². The lowest BCUT2D eigenvalue weighted by atomic mass is 9.95. The minimum Gasteiger partial charge on any atom is -0.332 e. The van der Waals surface area contributed by atoms with Gasteiger partial charge in [-0.3, -0.25) is 9.78 Å². The summed E-state index contributed by atoms with van der Waals surface area (Å²) in [7, 11) is 0. The molecule has 0 bridgehead atoms. The van der Waals surface area contributed by atoms with Gasteiger partial charge in [-0.05, 0) is 31.9 Å². The summed E-state index contributed by atoms with van der Waals surface area (Å²) in [6.45, 7) is 4.95. The van der Waals surface area contributed by atoms with Crippen LogP contribution in [0.5, 0.6) is 0 Å². The van der Waals surface area contributed by atoms with E-state index < -0.39 is 0 Å². The SMILES string of the molecule is CCc1cc(NC(=O)C2CCn3c(cnc3C)C2)c2ccccc2n1. The second-order valence-corrected chi connectivity index (χ2v) is 6.66. The molecular weight excluding hydrogens is 312 g/mol. The van der Waals surface area contributed by atoms with Gasteiger partial charge in [-0.25, -0.2) is 4.98 Å². The number of hydrogen-bond acceptors (Lipinski definition) is 3. The molecule has 3 heterocycles. The number of anilines is 1. The zero-order valence-corrected chi connectivity index (χ0v) is 14.6. The minimum atomic E-state index is -0.0133. The van der Waals surface area contributed by atoms with Crippen LogP contribution in [-0.2, 0) is 24.2 Å².